The molecule has 2 aromatic carbocycles. The van der Waals surface area contributed by atoms with Crippen LogP contribution in [0.25, 0.3) is 11.1 Å². The average molecular weight is 464 g/mol. The van der Waals surface area contributed by atoms with Crippen molar-refractivity contribution in [1.82, 2.24) is 10.6 Å². The number of carboxylic acid groups (broad SMARTS) is 1. The molecule has 176 valence electrons. The fraction of sp³-hybridized carbons (Fsp3) is 0.348. The maximum atomic E-state index is 12.8. The number of hydrogen-bond acceptors (Lipinski definition) is 4. The lowest BCUT2D eigenvalue weighted by atomic mass is 9.98. The molecule has 0 saturated heterocycles. The van der Waals surface area contributed by atoms with E-state index in [9.17, 15) is 27.6 Å². The topological polar surface area (TPSA) is 105 Å². The number of ether oxygens (including phenoxy) is 1. The molecule has 0 aliphatic heterocycles. The first-order valence-electron chi connectivity index (χ1n) is 10.2. The third kappa shape index (κ3) is 5.27. The Morgan fingerprint density at radius 3 is 1.97 bits per heavy atom. The van der Waals surface area contributed by atoms with Crippen molar-refractivity contribution in [3.63, 3.8) is 0 Å². The SMILES string of the molecule is CC(NC(=O)OCC1c2ccccc2-c2ccccc21)C(C)C(=O)NC(C(=O)O)C(F)(F)F. The molecule has 0 bridgehead atoms. The van der Waals surface area contributed by atoms with Crippen LogP contribution in [0, 0.1) is 5.92 Å². The van der Waals surface area contributed by atoms with Crippen LogP contribution < -0.4 is 10.6 Å². The Morgan fingerprint density at radius 1 is 0.970 bits per heavy atom. The van der Waals surface area contributed by atoms with Crippen LogP contribution in [0.5, 0.6) is 0 Å². The van der Waals surface area contributed by atoms with Gasteiger partial charge in [-0.05, 0) is 29.2 Å². The van der Waals surface area contributed by atoms with E-state index in [1.807, 2.05) is 48.5 Å². The van der Waals surface area contributed by atoms with Crippen LogP contribution in [0.3, 0.4) is 0 Å². The lowest BCUT2D eigenvalue weighted by Gasteiger charge is -2.24. The van der Waals surface area contributed by atoms with E-state index in [4.69, 9.17) is 9.84 Å². The minimum atomic E-state index is -5.15. The number of carbonyl (C=O) groups excluding carboxylic acids is 2. The molecule has 3 N–H and O–H groups in total. The number of alkyl halides is 3. The van der Waals surface area contributed by atoms with Crippen molar-refractivity contribution in [3.8, 4) is 11.1 Å². The molecule has 3 atom stereocenters. The van der Waals surface area contributed by atoms with Crippen molar-refractivity contribution in [2.45, 2.75) is 38.0 Å². The highest BCUT2D eigenvalue weighted by Gasteiger charge is 2.47. The first kappa shape index (κ1) is 24.1. The van der Waals surface area contributed by atoms with Crippen LogP contribution in [0.1, 0.15) is 30.9 Å². The van der Waals surface area contributed by atoms with Crippen molar-refractivity contribution >= 4 is 18.0 Å². The molecular weight excluding hydrogens is 441 g/mol. The Bertz CT molecular complexity index is 1010. The van der Waals surface area contributed by atoms with Gasteiger partial charge < -0.3 is 20.5 Å². The van der Waals surface area contributed by atoms with Gasteiger partial charge in [-0.1, -0.05) is 55.5 Å². The van der Waals surface area contributed by atoms with Gasteiger partial charge in [0.1, 0.15) is 6.61 Å². The number of alkyl carbamates (subject to hydrolysis) is 1. The number of carboxylic acids is 1. The van der Waals surface area contributed by atoms with Crippen LogP contribution in [0.2, 0.25) is 0 Å². The summed E-state index contributed by atoms with van der Waals surface area (Å²) in [6.07, 6.45) is -5.99. The maximum absolute atomic E-state index is 12.8. The molecule has 0 radical (unpaired) electrons. The van der Waals surface area contributed by atoms with E-state index < -0.39 is 42.1 Å². The molecule has 2 aromatic rings. The zero-order valence-electron chi connectivity index (χ0n) is 17.8. The van der Waals surface area contributed by atoms with E-state index in [-0.39, 0.29) is 12.5 Å². The van der Waals surface area contributed by atoms with Gasteiger partial charge in [-0.3, -0.25) is 4.79 Å². The Hall–Kier alpha value is -3.56. The highest BCUT2D eigenvalue weighted by molar-refractivity contribution is 5.86. The summed E-state index contributed by atoms with van der Waals surface area (Å²) < 4.78 is 43.7. The van der Waals surface area contributed by atoms with Crippen molar-refractivity contribution in [3.05, 3.63) is 59.7 Å². The normalized spacial score (nSPS) is 15.5. The second kappa shape index (κ2) is 9.51. The number of aliphatic carboxylic acids is 1. The Morgan fingerprint density at radius 2 is 1.48 bits per heavy atom. The predicted octanol–water partition coefficient (Wildman–Crippen LogP) is 3.68. The zero-order chi connectivity index (χ0) is 24.3. The summed E-state index contributed by atoms with van der Waals surface area (Å²) in [4.78, 5) is 35.2. The summed E-state index contributed by atoms with van der Waals surface area (Å²) in [5.74, 6) is -4.71. The van der Waals surface area contributed by atoms with Crippen molar-refractivity contribution < 1.29 is 37.4 Å². The molecule has 33 heavy (non-hydrogen) atoms. The van der Waals surface area contributed by atoms with Crippen LogP contribution in [0.15, 0.2) is 48.5 Å². The van der Waals surface area contributed by atoms with Gasteiger partial charge >= 0.3 is 18.2 Å². The summed E-state index contributed by atoms with van der Waals surface area (Å²) in [5.41, 5.74) is 4.13. The van der Waals surface area contributed by atoms with Gasteiger partial charge in [0.2, 0.25) is 11.9 Å². The molecule has 3 unspecified atom stereocenters. The quantitative estimate of drug-likeness (QED) is 0.580. The number of amides is 2. The Kier molecular flexibility index (Phi) is 6.95. The first-order valence-corrected chi connectivity index (χ1v) is 10.2. The van der Waals surface area contributed by atoms with Gasteiger partial charge in [0, 0.05) is 12.0 Å². The van der Waals surface area contributed by atoms with Crippen LogP contribution >= 0.6 is 0 Å². The highest BCUT2D eigenvalue weighted by Crippen LogP contribution is 2.44. The van der Waals surface area contributed by atoms with E-state index in [0.29, 0.717) is 0 Å². The lowest BCUT2D eigenvalue weighted by Crippen LogP contribution is -2.54. The van der Waals surface area contributed by atoms with Gasteiger partial charge in [-0.15, -0.1) is 0 Å². The fourth-order valence-corrected chi connectivity index (χ4v) is 3.74. The molecule has 0 heterocycles. The van der Waals surface area contributed by atoms with Crippen LogP contribution in [-0.2, 0) is 14.3 Å². The van der Waals surface area contributed by atoms with E-state index in [2.05, 4.69) is 5.32 Å². The summed E-state index contributed by atoms with van der Waals surface area (Å²) in [5, 5.41) is 12.6. The van der Waals surface area contributed by atoms with Crippen molar-refractivity contribution in [2.24, 2.45) is 5.92 Å². The summed E-state index contributed by atoms with van der Waals surface area (Å²) in [7, 11) is 0. The number of benzene rings is 2. The predicted molar refractivity (Wildman–Crippen MR) is 112 cm³/mol. The molecular formula is C23H23F3N2O5. The van der Waals surface area contributed by atoms with Gasteiger partial charge in [0.15, 0.2) is 0 Å². The molecule has 0 fully saturated rings. The van der Waals surface area contributed by atoms with Gasteiger partial charge in [0.05, 0.1) is 5.92 Å². The summed E-state index contributed by atoms with van der Waals surface area (Å²) in [6, 6.07) is 11.6. The number of hydrogen-bond donors (Lipinski definition) is 3. The number of fused-ring (bicyclic) bond motifs is 3. The molecule has 7 nitrogen and oxygen atoms in total. The van der Waals surface area contributed by atoms with Gasteiger partial charge in [-0.25, -0.2) is 9.59 Å². The van der Waals surface area contributed by atoms with E-state index in [0.717, 1.165) is 22.3 Å². The minimum Gasteiger partial charge on any atom is -0.479 e. The molecule has 10 heteroatoms. The summed E-state index contributed by atoms with van der Waals surface area (Å²) >= 11 is 0. The summed E-state index contributed by atoms with van der Waals surface area (Å²) in [6.45, 7) is 2.72. The van der Waals surface area contributed by atoms with Crippen molar-refractivity contribution in [2.75, 3.05) is 6.61 Å². The van der Waals surface area contributed by atoms with Crippen molar-refractivity contribution in [1.29, 1.82) is 0 Å². The second-order valence-electron chi connectivity index (χ2n) is 7.87. The molecule has 1 aliphatic carbocycles. The maximum Gasteiger partial charge on any atom is 0.419 e. The molecule has 3 rings (SSSR count). The van der Waals surface area contributed by atoms with Crippen LogP contribution in [0.4, 0.5) is 18.0 Å². The molecule has 0 spiro atoms. The Balaban J connectivity index is 1.59. The smallest absolute Gasteiger partial charge is 0.419 e. The highest BCUT2D eigenvalue weighted by atomic mass is 19.4. The van der Waals surface area contributed by atoms with E-state index >= 15 is 0 Å². The Labute approximate surface area is 187 Å². The third-order valence-electron chi connectivity index (χ3n) is 5.71. The molecule has 2 amide bonds. The molecule has 1 aliphatic rings. The van der Waals surface area contributed by atoms with Gasteiger partial charge in [-0.2, -0.15) is 13.2 Å². The second-order valence-corrected chi connectivity index (χ2v) is 7.87. The largest absolute Gasteiger partial charge is 0.479 e. The van der Waals surface area contributed by atoms with Crippen LogP contribution in [-0.4, -0.2) is 47.9 Å². The van der Waals surface area contributed by atoms with E-state index in [1.165, 1.54) is 19.2 Å². The zero-order valence-corrected chi connectivity index (χ0v) is 17.8. The van der Waals surface area contributed by atoms with Gasteiger partial charge in [0.25, 0.3) is 0 Å². The monoisotopic (exact) mass is 464 g/mol. The lowest BCUT2D eigenvalue weighted by molar-refractivity contribution is -0.182. The number of rotatable bonds is 7. The average Bonchev–Trinajstić information content (AvgIpc) is 3.08. The molecule has 0 aromatic heterocycles. The third-order valence-corrected chi connectivity index (χ3v) is 5.71. The standard InChI is InChI=1S/C23H23F3N2O5/c1-12(20(29)28-19(21(30)31)23(24,25)26)13(2)27-22(32)33-11-18-16-9-5-3-7-14(16)15-8-4-6-10-17(15)18/h3-10,12-13,18-19H,11H2,1-2H3,(H,27,32)(H,28,29)(H,30,31). The van der Waals surface area contributed by atoms with E-state index in [1.54, 1.807) is 0 Å². The fourth-order valence-electron chi connectivity index (χ4n) is 3.74. The number of halogens is 3. The molecule has 0 saturated carbocycles. The number of carbonyl (C=O) groups is 3. The number of nitrogens with one attached hydrogen (secondary N) is 2. The first-order chi connectivity index (χ1) is 15.5. The minimum absolute atomic E-state index is 0.0301.